The summed E-state index contributed by atoms with van der Waals surface area (Å²) in [6.07, 6.45) is 5.90. The van der Waals surface area contributed by atoms with Crippen LogP contribution in [0.2, 0.25) is 0 Å². The lowest BCUT2D eigenvalue weighted by atomic mass is 10.1. The molecule has 1 aliphatic heterocycles. The minimum atomic E-state index is -1.15. The third-order valence-corrected chi connectivity index (χ3v) is 3.15. The van der Waals surface area contributed by atoms with Gasteiger partial charge in [-0.3, -0.25) is 14.5 Å². The van der Waals surface area contributed by atoms with Crippen LogP contribution in [0.4, 0.5) is 8.78 Å². The van der Waals surface area contributed by atoms with Gasteiger partial charge in [0.15, 0.2) is 11.6 Å². The van der Waals surface area contributed by atoms with Gasteiger partial charge in [0.25, 0.3) is 11.8 Å². The van der Waals surface area contributed by atoms with E-state index in [4.69, 9.17) is 6.42 Å². The summed E-state index contributed by atoms with van der Waals surface area (Å²) in [6.45, 7) is 1.78. The molecule has 0 N–H and O–H groups in total. The van der Waals surface area contributed by atoms with Gasteiger partial charge in [0, 0.05) is 6.42 Å². The van der Waals surface area contributed by atoms with Crippen LogP contribution in [0.5, 0.6) is 0 Å². The molecule has 1 aromatic carbocycles. The molecule has 0 fully saturated rings. The largest absolute Gasteiger partial charge is 0.270 e. The maximum absolute atomic E-state index is 13.1. The summed E-state index contributed by atoms with van der Waals surface area (Å²) in [5.74, 6) is -1.15. The summed E-state index contributed by atoms with van der Waals surface area (Å²) >= 11 is 0. The highest BCUT2D eigenvalue weighted by Gasteiger charge is 2.40. The number of halogens is 2. The van der Waals surface area contributed by atoms with Gasteiger partial charge in [0.2, 0.25) is 0 Å². The van der Waals surface area contributed by atoms with Crippen LogP contribution in [0, 0.1) is 24.0 Å². The zero-order valence-electron chi connectivity index (χ0n) is 10.2. The summed E-state index contributed by atoms with van der Waals surface area (Å²) < 4.78 is 26.3. The van der Waals surface area contributed by atoms with Crippen molar-refractivity contribution in [2.45, 2.75) is 25.8 Å². The van der Waals surface area contributed by atoms with E-state index in [0.717, 1.165) is 17.0 Å². The molecule has 98 valence electrons. The Kier molecular flexibility index (Phi) is 3.34. The van der Waals surface area contributed by atoms with E-state index in [2.05, 4.69) is 5.92 Å². The minimum Gasteiger partial charge on any atom is -0.270 e. The first-order valence-electron chi connectivity index (χ1n) is 5.81. The number of carbonyl (C=O) groups is 2. The van der Waals surface area contributed by atoms with E-state index in [1.807, 2.05) is 0 Å². The molecule has 0 saturated heterocycles. The quantitative estimate of drug-likeness (QED) is 0.620. The van der Waals surface area contributed by atoms with Gasteiger partial charge in [-0.15, -0.1) is 12.3 Å². The highest BCUT2D eigenvalue weighted by atomic mass is 19.2. The van der Waals surface area contributed by atoms with Crippen molar-refractivity contribution < 1.29 is 18.4 Å². The van der Waals surface area contributed by atoms with Crippen LogP contribution in [0.1, 0.15) is 40.5 Å². The average molecular weight is 263 g/mol. The summed E-state index contributed by atoms with van der Waals surface area (Å²) in [5, 5.41) is 0. The smallest absolute Gasteiger partial charge is 0.261 e. The highest BCUT2D eigenvalue weighted by molar-refractivity contribution is 6.21. The van der Waals surface area contributed by atoms with Gasteiger partial charge in [-0.25, -0.2) is 8.78 Å². The first-order valence-corrected chi connectivity index (χ1v) is 5.81. The van der Waals surface area contributed by atoms with Gasteiger partial charge < -0.3 is 0 Å². The van der Waals surface area contributed by atoms with Crippen LogP contribution in [-0.2, 0) is 0 Å². The number of carbonyl (C=O) groups excluding carboxylic acids is 2. The average Bonchev–Trinajstić information content (AvgIpc) is 2.61. The predicted octanol–water partition coefficient (Wildman–Crippen LogP) is 2.36. The molecule has 0 radical (unpaired) electrons. The molecule has 0 aromatic heterocycles. The maximum atomic E-state index is 13.1. The molecule has 1 heterocycles. The van der Waals surface area contributed by atoms with Gasteiger partial charge >= 0.3 is 0 Å². The lowest BCUT2D eigenvalue weighted by molar-refractivity contribution is 0.0583. The molecule has 5 heteroatoms. The second-order valence-electron chi connectivity index (χ2n) is 4.26. The maximum Gasteiger partial charge on any atom is 0.261 e. The number of terminal acetylenes is 1. The van der Waals surface area contributed by atoms with Crippen molar-refractivity contribution >= 4 is 11.8 Å². The Hall–Kier alpha value is -2.22. The van der Waals surface area contributed by atoms with Gasteiger partial charge in [0.1, 0.15) is 0 Å². The lowest BCUT2D eigenvalue weighted by Crippen LogP contribution is -2.39. The molecule has 0 saturated carbocycles. The van der Waals surface area contributed by atoms with E-state index in [1.165, 1.54) is 0 Å². The number of rotatable bonds is 3. The van der Waals surface area contributed by atoms with Gasteiger partial charge in [0.05, 0.1) is 17.2 Å². The SMILES string of the molecule is C#CCC(CC)N1C(=O)c2cc(F)c(F)cc2C1=O. The van der Waals surface area contributed by atoms with Crippen molar-refractivity contribution in [2.24, 2.45) is 0 Å². The fourth-order valence-corrected chi connectivity index (χ4v) is 2.14. The Morgan fingerprint density at radius 1 is 1.21 bits per heavy atom. The molecular weight excluding hydrogens is 252 g/mol. The lowest BCUT2D eigenvalue weighted by Gasteiger charge is -2.23. The topological polar surface area (TPSA) is 37.4 Å². The summed E-state index contributed by atoms with van der Waals surface area (Å²) in [7, 11) is 0. The van der Waals surface area contributed by atoms with E-state index in [-0.39, 0.29) is 17.5 Å². The molecule has 19 heavy (non-hydrogen) atoms. The second kappa shape index (κ2) is 4.81. The summed E-state index contributed by atoms with van der Waals surface area (Å²) in [6, 6.07) is 1.06. The molecule has 2 amide bonds. The second-order valence-corrected chi connectivity index (χ2v) is 4.26. The standard InChI is InChI=1S/C14H11F2NO2/c1-3-5-8(4-2)17-13(18)9-6-11(15)12(16)7-10(9)14(17)19/h1,6-8H,4-5H2,2H3. The number of imide groups is 1. The van der Waals surface area contributed by atoms with Crippen molar-refractivity contribution in [1.82, 2.24) is 4.90 Å². The fraction of sp³-hybridized carbons (Fsp3) is 0.286. The molecule has 3 nitrogen and oxygen atoms in total. The molecular formula is C14H11F2NO2. The number of hydrogen-bond acceptors (Lipinski definition) is 2. The number of benzene rings is 1. The van der Waals surface area contributed by atoms with Crippen molar-refractivity contribution in [3.05, 3.63) is 34.9 Å². The van der Waals surface area contributed by atoms with E-state index in [9.17, 15) is 18.4 Å². The molecule has 2 rings (SSSR count). The van der Waals surface area contributed by atoms with Crippen molar-refractivity contribution in [1.29, 1.82) is 0 Å². The molecule has 0 aliphatic carbocycles. The van der Waals surface area contributed by atoms with E-state index < -0.39 is 29.5 Å². The molecule has 0 spiro atoms. The van der Waals surface area contributed by atoms with Crippen LogP contribution in [0.25, 0.3) is 0 Å². The van der Waals surface area contributed by atoms with E-state index in [0.29, 0.717) is 6.42 Å². The first-order chi connectivity index (χ1) is 9.01. The van der Waals surface area contributed by atoms with Gasteiger partial charge in [-0.1, -0.05) is 6.92 Å². The molecule has 1 unspecified atom stereocenters. The molecule has 0 bridgehead atoms. The van der Waals surface area contributed by atoms with Crippen molar-refractivity contribution in [3.8, 4) is 12.3 Å². The summed E-state index contributed by atoms with van der Waals surface area (Å²) in [5.41, 5.74) is -0.223. The normalized spacial score (nSPS) is 15.4. The monoisotopic (exact) mass is 263 g/mol. The van der Waals surface area contributed by atoms with Crippen LogP contribution < -0.4 is 0 Å². The van der Waals surface area contributed by atoms with Crippen molar-refractivity contribution in [3.63, 3.8) is 0 Å². The van der Waals surface area contributed by atoms with Gasteiger partial charge in [-0.2, -0.15) is 0 Å². The van der Waals surface area contributed by atoms with Gasteiger partial charge in [-0.05, 0) is 18.6 Å². The Morgan fingerprint density at radius 3 is 2.05 bits per heavy atom. The number of fused-ring (bicyclic) bond motifs is 1. The minimum absolute atomic E-state index is 0.112. The van der Waals surface area contributed by atoms with Crippen LogP contribution in [0.15, 0.2) is 12.1 Å². The third kappa shape index (κ3) is 1.99. The van der Waals surface area contributed by atoms with E-state index in [1.54, 1.807) is 6.92 Å². The van der Waals surface area contributed by atoms with Crippen LogP contribution >= 0.6 is 0 Å². The number of hydrogen-bond donors (Lipinski definition) is 0. The Bertz CT molecular complexity index is 563. The molecule has 1 aromatic rings. The Balaban J connectivity index is 2.47. The van der Waals surface area contributed by atoms with Crippen LogP contribution in [-0.4, -0.2) is 22.8 Å². The van der Waals surface area contributed by atoms with Crippen LogP contribution in [0.3, 0.4) is 0 Å². The Morgan fingerprint density at radius 2 is 1.68 bits per heavy atom. The fourth-order valence-electron chi connectivity index (χ4n) is 2.14. The predicted molar refractivity (Wildman–Crippen MR) is 64.4 cm³/mol. The molecule has 1 atom stereocenters. The zero-order chi connectivity index (χ0) is 14.2. The van der Waals surface area contributed by atoms with Crippen molar-refractivity contribution in [2.75, 3.05) is 0 Å². The highest BCUT2D eigenvalue weighted by Crippen LogP contribution is 2.28. The first kappa shape index (κ1) is 13.2. The number of amides is 2. The zero-order valence-corrected chi connectivity index (χ0v) is 10.2. The summed E-state index contributed by atoms with van der Waals surface area (Å²) in [4.78, 5) is 25.2. The van der Waals surface area contributed by atoms with E-state index >= 15 is 0 Å². The number of nitrogens with zero attached hydrogens (tertiary/aromatic N) is 1. The third-order valence-electron chi connectivity index (χ3n) is 3.15. The Labute approximate surface area is 109 Å². The molecule has 1 aliphatic rings.